The summed E-state index contributed by atoms with van der Waals surface area (Å²) < 4.78 is 25.7. The van der Waals surface area contributed by atoms with E-state index in [4.69, 9.17) is 15.2 Å². The smallest absolute Gasteiger partial charge is 0.227 e. The summed E-state index contributed by atoms with van der Waals surface area (Å²) in [5.74, 6) is 0.545. The molecule has 0 radical (unpaired) electrons. The Kier molecular flexibility index (Phi) is 4.74. The van der Waals surface area contributed by atoms with E-state index in [-0.39, 0.29) is 23.7 Å². The summed E-state index contributed by atoms with van der Waals surface area (Å²) in [5, 5.41) is 2.95. The van der Waals surface area contributed by atoms with Crippen molar-refractivity contribution in [3.63, 3.8) is 0 Å². The molecule has 0 aromatic heterocycles. The quantitative estimate of drug-likeness (QED) is 0.735. The predicted octanol–water partition coefficient (Wildman–Crippen LogP) is 4.02. The third kappa shape index (κ3) is 3.49. The number of carbonyl (C=O) groups is 1. The fourth-order valence-corrected chi connectivity index (χ4v) is 3.64. The molecular weight excluding hydrogens is 347 g/mol. The van der Waals surface area contributed by atoms with Crippen LogP contribution < -0.4 is 20.5 Å². The number of benzene rings is 2. The van der Waals surface area contributed by atoms with Crippen LogP contribution in [-0.2, 0) is 4.79 Å². The van der Waals surface area contributed by atoms with Gasteiger partial charge in [0, 0.05) is 28.8 Å². The molecule has 27 heavy (non-hydrogen) atoms. The van der Waals surface area contributed by atoms with Gasteiger partial charge in [0.15, 0.2) is 11.5 Å². The van der Waals surface area contributed by atoms with Gasteiger partial charge in [-0.05, 0) is 48.7 Å². The minimum atomic E-state index is -0.386. The van der Waals surface area contributed by atoms with Crippen LogP contribution >= 0.6 is 0 Å². The molecule has 1 amide bonds. The van der Waals surface area contributed by atoms with Crippen LogP contribution in [0.4, 0.5) is 10.1 Å². The summed E-state index contributed by atoms with van der Waals surface area (Å²) in [6.07, 6.45) is 2.34. The number of fused-ring (bicyclic) bond motifs is 6. The van der Waals surface area contributed by atoms with E-state index in [1.807, 2.05) is 19.1 Å². The summed E-state index contributed by atoms with van der Waals surface area (Å²) in [5.41, 5.74) is 9.13. The van der Waals surface area contributed by atoms with Crippen molar-refractivity contribution >= 4 is 11.6 Å². The minimum absolute atomic E-state index is 0.0841. The zero-order valence-electron chi connectivity index (χ0n) is 15.3. The van der Waals surface area contributed by atoms with Gasteiger partial charge in [-0.25, -0.2) is 4.39 Å². The van der Waals surface area contributed by atoms with Crippen molar-refractivity contribution in [1.82, 2.24) is 0 Å². The second kappa shape index (κ2) is 7.19. The van der Waals surface area contributed by atoms with Crippen molar-refractivity contribution in [2.45, 2.75) is 32.2 Å². The largest absolute Gasteiger partial charge is 0.486 e. The Morgan fingerprint density at radius 1 is 1.11 bits per heavy atom. The number of ether oxygens (including phenoxy) is 2. The summed E-state index contributed by atoms with van der Waals surface area (Å²) in [6, 6.07) is 7.99. The van der Waals surface area contributed by atoms with Crippen LogP contribution in [0.5, 0.6) is 11.5 Å². The molecule has 2 aliphatic heterocycles. The second-order valence-electron chi connectivity index (χ2n) is 7.21. The molecule has 5 nitrogen and oxygen atoms in total. The van der Waals surface area contributed by atoms with Crippen LogP contribution in [0, 0.1) is 11.7 Å². The molecule has 4 rings (SSSR count). The topological polar surface area (TPSA) is 73.6 Å². The SMILES string of the molecule is C[C@@H]1CCC[C@H](N)c2cc3c(c(c2)-c2cc(F)ccc2NC1=O)OCCO3. The molecule has 0 saturated carbocycles. The first-order valence-electron chi connectivity index (χ1n) is 9.33. The molecular formula is C21H23FN2O3. The number of hydrogen-bond acceptors (Lipinski definition) is 4. The summed E-state index contributed by atoms with van der Waals surface area (Å²) in [4.78, 5) is 12.6. The third-order valence-electron chi connectivity index (χ3n) is 5.22. The zero-order valence-corrected chi connectivity index (χ0v) is 15.3. The molecule has 2 bridgehead atoms. The van der Waals surface area contributed by atoms with Crippen LogP contribution in [0.3, 0.4) is 0 Å². The Bertz CT molecular complexity index is 884. The van der Waals surface area contributed by atoms with Gasteiger partial charge in [-0.2, -0.15) is 0 Å². The van der Waals surface area contributed by atoms with E-state index in [0.29, 0.717) is 41.5 Å². The Labute approximate surface area is 157 Å². The fourth-order valence-electron chi connectivity index (χ4n) is 3.64. The molecule has 0 fully saturated rings. The number of halogens is 1. The lowest BCUT2D eigenvalue weighted by Crippen LogP contribution is -2.22. The van der Waals surface area contributed by atoms with Gasteiger partial charge in [0.25, 0.3) is 0 Å². The highest BCUT2D eigenvalue weighted by Gasteiger charge is 2.25. The lowest BCUT2D eigenvalue weighted by atomic mass is 9.92. The average molecular weight is 370 g/mol. The lowest BCUT2D eigenvalue weighted by Gasteiger charge is -2.26. The molecule has 0 spiro atoms. The summed E-state index contributed by atoms with van der Waals surface area (Å²) in [7, 11) is 0. The zero-order chi connectivity index (χ0) is 19.0. The standard InChI is InChI=1S/C21H23FN2O3/c1-12-3-2-4-17(23)13-9-16(20-19(10-13)26-7-8-27-20)15-11-14(22)5-6-18(15)24-21(12)25/h5-6,9-12,17H,2-4,7-8,23H2,1H3,(H,24,25)/t12-,17+/m1/s1. The van der Waals surface area contributed by atoms with Crippen molar-refractivity contribution < 1.29 is 18.7 Å². The Hall–Kier alpha value is -2.60. The molecule has 0 aliphatic carbocycles. The Morgan fingerprint density at radius 3 is 2.78 bits per heavy atom. The number of carbonyl (C=O) groups excluding carboxylic acids is 1. The molecule has 2 aromatic rings. The van der Waals surface area contributed by atoms with E-state index in [1.165, 1.54) is 12.1 Å². The summed E-state index contributed by atoms with van der Waals surface area (Å²) >= 11 is 0. The average Bonchev–Trinajstić information content (AvgIpc) is 2.67. The maximum Gasteiger partial charge on any atom is 0.227 e. The third-order valence-corrected chi connectivity index (χ3v) is 5.22. The first-order chi connectivity index (χ1) is 13.0. The summed E-state index contributed by atoms with van der Waals surface area (Å²) in [6.45, 7) is 2.77. The number of anilines is 1. The van der Waals surface area contributed by atoms with Crippen LogP contribution in [0.1, 0.15) is 37.8 Å². The van der Waals surface area contributed by atoms with Gasteiger partial charge in [0.1, 0.15) is 19.0 Å². The molecule has 0 unspecified atom stereocenters. The van der Waals surface area contributed by atoms with Crippen molar-refractivity contribution in [3.05, 3.63) is 41.7 Å². The van der Waals surface area contributed by atoms with Gasteiger partial charge < -0.3 is 20.5 Å². The van der Waals surface area contributed by atoms with Crippen LogP contribution in [-0.4, -0.2) is 19.1 Å². The lowest BCUT2D eigenvalue weighted by molar-refractivity contribution is -0.119. The van der Waals surface area contributed by atoms with E-state index < -0.39 is 0 Å². The van der Waals surface area contributed by atoms with Gasteiger partial charge in [-0.15, -0.1) is 0 Å². The van der Waals surface area contributed by atoms with E-state index >= 15 is 0 Å². The van der Waals surface area contributed by atoms with Gasteiger partial charge in [-0.3, -0.25) is 4.79 Å². The molecule has 6 heteroatoms. The van der Waals surface area contributed by atoms with Crippen LogP contribution in [0.15, 0.2) is 30.3 Å². The number of amides is 1. The predicted molar refractivity (Wildman–Crippen MR) is 101 cm³/mol. The Balaban J connectivity index is 1.94. The molecule has 2 heterocycles. The van der Waals surface area contributed by atoms with E-state index in [2.05, 4.69) is 5.32 Å². The molecule has 2 aromatic carbocycles. The molecule has 3 N–H and O–H groups in total. The van der Waals surface area contributed by atoms with Crippen LogP contribution in [0.25, 0.3) is 11.1 Å². The maximum absolute atomic E-state index is 14.1. The fraction of sp³-hybridized carbons (Fsp3) is 0.381. The Morgan fingerprint density at radius 2 is 1.93 bits per heavy atom. The number of nitrogens with two attached hydrogens (primary N) is 1. The highest BCUT2D eigenvalue weighted by atomic mass is 19.1. The van der Waals surface area contributed by atoms with Crippen molar-refractivity contribution in [2.24, 2.45) is 11.7 Å². The molecule has 2 atom stereocenters. The monoisotopic (exact) mass is 370 g/mol. The van der Waals surface area contributed by atoms with Gasteiger partial charge in [0.2, 0.25) is 5.91 Å². The van der Waals surface area contributed by atoms with Gasteiger partial charge >= 0.3 is 0 Å². The first kappa shape index (κ1) is 17.8. The van der Waals surface area contributed by atoms with Gasteiger partial charge in [-0.1, -0.05) is 13.3 Å². The molecule has 0 saturated heterocycles. The van der Waals surface area contributed by atoms with Crippen molar-refractivity contribution in [2.75, 3.05) is 18.5 Å². The minimum Gasteiger partial charge on any atom is -0.486 e. The van der Waals surface area contributed by atoms with Crippen molar-refractivity contribution in [3.8, 4) is 22.6 Å². The van der Waals surface area contributed by atoms with E-state index in [0.717, 1.165) is 24.8 Å². The normalized spacial score (nSPS) is 22.1. The van der Waals surface area contributed by atoms with E-state index in [9.17, 15) is 9.18 Å². The highest BCUT2D eigenvalue weighted by Crippen LogP contribution is 2.45. The maximum atomic E-state index is 14.1. The molecule has 2 aliphatic rings. The number of hydrogen-bond donors (Lipinski definition) is 2. The van der Waals surface area contributed by atoms with Crippen LogP contribution in [0.2, 0.25) is 0 Å². The van der Waals surface area contributed by atoms with E-state index in [1.54, 1.807) is 6.07 Å². The second-order valence-corrected chi connectivity index (χ2v) is 7.21. The highest BCUT2D eigenvalue weighted by molar-refractivity contribution is 5.97. The molecule has 142 valence electrons. The van der Waals surface area contributed by atoms with Gasteiger partial charge in [0.05, 0.1) is 0 Å². The number of rotatable bonds is 0. The first-order valence-corrected chi connectivity index (χ1v) is 9.33. The van der Waals surface area contributed by atoms with Crippen molar-refractivity contribution in [1.29, 1.82) is 0 Å². The number of nitrogens with one attached hydrogen (secondary N) is 1.